The van der Waals surface area contributed by atoms with Crippen molar-refractivity contribution < 1.29 is 4.74 Å². The third kappa shape index (κ3) is 2.30. The quantitative estimate of drug-likeness (QED) is 0.929. The molecule has 0 atom stereocenters. The minimum Gasteiger partial charge on any atom is -0.478 e. The normalized spacial score (nSPS) is 10.2. The molecular formula is C9H10BrN5O. The van der Waals surface area contributed by atoms with Crippen LogP contribution in [0.15, 0.2) is 23.1 Å². The fourth-order valence-corrected chi connectivity index (χ4v) is 1.41. The first-order valence-corrected chi connectivity index (χ1v) is 5.30. The van der Waals surface area contributed by atoms with Crippen LogP contribution in [0.4, 0.5) is 11.6 Å². The monoisotopic (exact) mass is 283 g/mol. The molecule has 0 bridgehead atoms. The zero-order valence-electron chi connectivity index (χ0n) is 8.81. The summed E-state index contributed by atoms with van der Waals surface area (Å²) in [5.74, 6) is 1.00. The van der Waals surface area contributed by atoms with Crippen LogP contribution in [-0.2, 0) is 7.05 Å². The number of nitrogens with zero attached hydrogens (tertiary/aromatic N) is 4. The summed E-state index contributed by atoms with van der Waals surface area (Å²) >= 11 is 3.27. The summed E-state index contributed by atoms with van der Waals surface area (Å²) in [6.07, 6.45) is 5.13. The molecule has 16 heavy (non-hydrogen) atoms. The van der Waals surface area contributed by atoms with E-state index in [0.717, 1.165) is 10.2 Å². The number of hydrogen-bond donors (Lipinski definition) is 1. The molecule has 0 aliphatic rings. The van der Waals surface area contributed by atoms with Crippen molar-refractivity contribution in [3.05, 3.63) is 23.1 Å². The zero-order valence-corrected chi connectivity index (χ0v) is 10.4. The number of aromatic nitrogens is 4. The van der Waals surface area contributed by atoms with Gasteiger partial charge in [0.05, 0.1) is 17.8 Å². The predicted octanol–water partition coefficient (Wildman–Crippen LogP) is 1.72. The molecule has 0 spiro atoms. The molecule has 6 nitrogen and oxygen atoms in total. The molecule has 84 valence electrons. The molecule has 0 saturated carbocycles. The van der Waals surface area contributed by atoms with E-state index in [1.54, 1.807) is 30.4 Å². The number of aryl methyl sites for hydroxylation is 1. The van der Waals surface area contributed by atoms with Crippen molar-refractivity contribution in [2.75, 3.05) is 12.4 Å². The molecule has 2 aromatic heterocycles. The van der Waals surface area contributed by atoms with Crippen LogP contribution in [0.5, 0.6) is 5.88 Å². The summed E-state index contributed by atoms with van der Waals surface area (Å²) in [6.45, 7) is 0. The second kappa shape index (κ2) is 4.48. The standard InChI is InChI=1S/C9H10BrN5O/c1-15-5-7(8(14-15)16-2)13-9-11-3-6(10)4-12-9/h3-5H,1-2H3,(H,11,12,13). The Morgan fingerprint density at radius 1 is 1.38 bits per heavy atom. The number of hydrogen-bond acceptors (Lipinski definition) is 5. The highest BCUT2D eigenvalue weighted by Gasteiger charge is 2.08. The second-order valence-electron chi connectivity index (χ2n) is 3.08. The minimum atomic E-state index is 0.495. The third-order valence-electron chi connectivity index (χ3n) is 1.86. The van der Waals surface area contributed by atoms with Crippen molar-refractivity contribution in [1.29, 1.82) is 0 Å². The molecule has 2 heterocycles. The number of rotatable bonds is 3. The Bertz CT molecular complexity index is 481. The lowest BCUT2D eigenvalue weighted by molar-refractivity contribution is 0.393. The Kier molecular flexibility index (Phi) is 3.04. The van der Waals surface area contributed by atoms with Gasteiger partial charge in [0, 0.05) is 19.4 Å². The van der Waals surface area contributed by atoms with Gasteiger partial charge in [-0.05, 0) is 15.9 Å². The lowest BCUT2D eigenvalue weighted by Gasteiger charge is -2.02. The van der Waals surface area contributed by atoms with Crippen molar-refractivity contribution in [1.82, 2.24) is 19.7 Å². The second-order valence-corrected chi connectivity index (χ2v) is 3.99. The Balaban J connectivity index is 2.22. The van der Waals surface area contributed by atoms with Crippen molar-refractivity contribution in [2.24, 2.45) is 7.05 Å². The average molecular weight is 284 g/mol. The first-order chi connectivity index (χ1) is 7.69. The number of halogens is 1. The van der Waals surface area contributed by atoms with Crippen molar-refractivity contribution in [3.8, 4) is 5.88 Å². The highest BCUT2D eigenvalue weighted by atomic mass is 79.9. The minimum absolute atomic E-state index is 0.495. The predicted molar refractivity (Wildman–Crippen MR) is 62.8 cm³/mol. The van der Waals surface area contributed by atoms with Gasteiger partial charge >= 0.3 is 0 Å². The molecule has 2 aromatic rings. The smallest absolute Gasteiger partial charge is 0.256 e. The molecule has 0 saturated heterocycles. The largest absolute Gasteiger partial charge is 0.478 e. The van der Waals surface area contributed by atoms with E-state index in [1.807, 2.05) is 7.05 Å². The number of nitrogens with one attached hydrogen (secondary N) is 1. The Morgan fingerprint density at radius 3 is 2.69 bits per heavy atom. The van der Waals surface area contributed by atoms with E-state index in [0.29, 0.717) is 11.8 Å². The summed E-state index contributed by atoms with van der Waals surface area (Å²) in [4.78, 5) is 8.19. The van der Waals surface area contributed by atoms with E-state index >= 15 is 0 Å². The fourth-order valence-electron chi connectivity index (χ4n) is 1.20. The van der Waals surface area contributed by atoms with E-state index in [4.69, 9.17) is 4.74 Å². The maximum Gasteiger partial charge on any atom is 0.256 e. The van der Waals surface area contributed by atoms with Crippen molar-refractivity contribution >= 4 is 27.6 Å². The fraction of sp³-hybridized carbons (Fsp3) is 0.222. The summed E-state index contributed by atoms with van der Waals surface area (Å²) in [5, 5.41) is 7.13. The summed E-state index contributed by atoms with van der Waals surface area (Å²) in [7, 11) is 3.38. The molecule has 2 rings (SSSR count). The summed E-state index contributed by atoms with van der Waals surface area (Å²) in [5.41, 5.74) is 0.729. The highest BCUT2D eigenvalue weighted by molar-refractivity contribution is 9.10. The Morgan fingerprint density at radius 2 is 2.06 bits per heavy atom. The van der Waals surface area contributed by atoms with Gasteiger partial charge in [-0.15, -0.1) is 5.10 Å². The molecule has 0 aliphatic heterocycles. The first kappa shape index (κ1) is 10.9. The van der Waals surface area contributed by atoms with Gasteiger partial charge in [-0.1, -0.05) is 0 Å². The van der Waals surface area contributed by atoms with Crippen LogP contribution in [0.25, 0.3) is 0 Å². The summed E-state index contributed by atoms with van der Waals surface area (Å²) in [6, 6.07) is 0. The van der Waals surface area contributed by atoms with E-state index in [1.165, 1.54) is 0 Å². The zero-order chi connectivity index (χ0) is 11.5. The topological polar surface area (TPSA) is 64.9 Å². The molecule has 0 unspecified atom stereocenters. The van der Waals surface area contributed by atoms with Crippen LogP contribution in [0.2, 0.25) is 0 Å². The number of anilines is 2. The van der Waals surface area contributed by atoms with E-state index in [9.17, 15) is 0 Å². The highest BCUT2D eigenvalue weighted by Crippen LogP contribution is 2.23. The molecule has 7 heteroatoms. The number of ether oxygens (including phenoxy) is 1. The average Bonchev–Trinajstić information content (AvgIpc) is 2.62. The van der Waals surface area contributed by atoms with Crippen LogP contribution in [-0.4, -0.2) is 26.9 Å². The van der Waals surface area contributed by atoms with Crippen LogP contribution >= 0.6 is 15.9 Å². The lowest BCUT2D eigenvalue weighted by atomic mass is 10.5. The van der Waals surface area contributed by atoms with Gasteiger partial charge in [0.1, 0.15) is 5.69 Å². The van der Waals surface area contributed by atoms with Gasteiger partial charge in [-0.3, -0.25) is 4.68 Å². The van der Waals surface area contributed by atoms with Crippen molar-refractivity contribution in [3.63, 3.8) is 0 Å². The van der Waals surface area contributed by atoms with Crippen LogP contribution in [0, 0.1) is 0 Å². The lowest BCUT2D eigenvalue weighted by Crippen LogP contribution is -1.97. The number of methoxy groups -OCH3 is 1. The molecule has 0 aliphatic carbocycles. The molecule has 0 aromatic carbocycles. The van der Waals surface area contributed by atoms with Crippen LogP contribution < -0.4 is 10.1 Å². The molecule has 0 fully saturated rings. The Labute approximate surface area is 101 Å². The Hall–Kier alpha value is -1.63. The van der Waals surface area contributed by atoms with Gasteiger partial charge in [-0.25, -0.2) is 9.97 Å². The van der Waals surface area contributed by atoms with Crippen molar-refractivity contribution in [2.45, 2.75) is 0 Å². The van der Waals surface area contributed by atoms with Gasteiger partial charge in [-0.2, -0.15) is 0 Å². The van der Waals surface area contributed by atoms with E-state index < -0.39 is 0 Å². The maximum atomic E-state index is 5.10. The molecular weight excluding hydrogens is 274 g/mol. The SMILES string of the molecule is COc1nn(C)cc1Nc1ncc(Br)cn1. The van der Waals surface area contributed by atoms with E-state index in [-0.39, 0.29) is 0 Å². The van der Waals surface area contributed by atoms with Gasteiger partial charge < -0.3 is 10.1 Å². The van der Waals surface area contributed by atoms with Gasteiger partial charge in [0.25, 0.3) is 5.88 Å². The third-order valence-corrected chi connectivity index (χ3v) is 2.26. The van der Waals surface area contributed by atoms with Gasteiger partial charge in [0.2, 0.25) is 5.95 Å². The molecule has 0 amide bonds. The first-order valence-electron chi connectivity index (χ1n) is 4.51. The maximum absolute atomic E-state index is 5.10. The van der Waals surface area contributed by atoms with Gasteiger partial charge in [0.15, 0.2) is 0 Å². The molecule has 0 radical (unpaired) electrons. The van der Waals surface area contributed by atoms with Crippen LogP contribution in [0.3, 0.4) is 0 Å². The summed E-state index contributed by atoms with van der Waals surface area (Å²) < 4.78 is 7.59. The molecule has 1 N–H and O–H groups in total. The van der Waals surface area contributed by atoms with Crippen LogP contribution in [0.1, 0.15) is 0 Å². The van der Waals surface area contributed by atoms with E-state index in [2.05, 4.69) is 36.3 Å².